The Balaban J connectivity index is 2.85. The molecule has 0 saturated heterocycles. The number of rotatable bonds is 3. The van der Waals surface area contributed by atoms with Crippen LogP contribution in [0.25, 0.3) is 0 Å². The minimum absolute atomic E-state index is 0.302. The molecule has 1 aromatic carbocycles. The molecule has 0 aliphatic carbocycles. The van der Waals surface area contributed by atoms with Gasteiger partial charge in [0.2, 0.25) is 0 Å². The van der Waals surface area contributed by atoms with Crippen LogP contribution in [-0.2, 0) is 6.54 Å². The van der Waals surface area contributed by atoms with Crippen molar-refractivity contribution >= 4 is 0 Å². The van der Waals surface area contributed by atoms with Gasteiger partial charge in [-0.2, -0.15) is 5.26 Å². The fraction of sp³-hybridized carbons (Fsp3) is 0.364. The summed E-state index contributed by atoms with van der Waals surface area (Å²) in [7, 11) is 1.93. The van der Waals surface area contributed by atoms with Crippen LogP contribution in [0.15, 0.2) is 18.2 Å². The van der Waals surface area contributed by atoms with Crippen molar-refractivity contribution in [1.29, 1.82) is 5.26 Å². The van der Waals surface area contributed by atoms with E-state index in [9.17, 15) is 4.39 Å². The maximum atomic E-state index is 13.4. The molecular formula is C11H13FN2. The monoisotopic (exact) mass is 192 g/mol. The number of nitriles is 1. The summed E-state index contributed by atoms with van der Waals surface area (Å²) in [6.07, 6.45) is 0. The van der Waals surface area contributed by atoms with Gasteiger partial charge in [-0.1, -0.05) is 13.0 Å². The lowest BCUT2D eigenvalue weighted by Gasteiger charge is -2.14. The Kier molecular flexibility index (Phi) is 3.61. The third-order valence-corrected chi connectivity index (χ3v) is 2.16. The Labute approximate surface area is 83.6 Å². The zero-order chi connectivity index (χ0) is 10.6. The van der Waals surface area contributed by atoms with Crippen molar-refractivity contribution in [1.82, 2.24) is 4.90 Å². The van der Waals surface area contributed by atoms with E-state index in [0.29, 0.717) is 17.7 Å². The zero-order valence-electron chi connectivity index (χ0n) is 8.42. The molecule has 3 heteroatoms. The Bertz CT molecular complexity index is 355. The minimum atomic E-state index is -0.302. The maximum Gasteiger partial charge on any atom is 0.129 e. The SMILES string of the molecule is CCN(C)Cc1ccc(C#N)cc1F. The van der Waals surface area contributed by atoms with Crippen LogP contribution in [0.2, 0.25) is 0 Å². The second-order valence-corrected chi connectivity index (χ2v) is 3.25. The highest BCUT2D eigenvalue weighted by Crippen LogP contribution is 2.11. The fourth-order valence-electron chi connectivity index (χ4n) is 1.15. The summed E-state index contributed by atoms with van der Waals surface area (Å²) in [5, 5.41) is 8.55. The van der Waals surface area contributed by atoms with Crippen molar-refractivity contribution in [2.75, 3.05) is 13.6 Å². The summed E-state index contributed by atoms with van der Waals surface area (Å²) in [5.74, 6) is -0.302. The molecule has 1 rings (SSSR count). The maximum absolute atomic E-state index is 13.4. The van der Waals surface area contributed by atoms with E-state index in [4.69, 9.17) is 5.26 Å². The van der Waals surface area contributed by atoms with Crippen LogP contribution in [0.4, 0.5) is 4.39 Å². The average Bonchev–Trinajstić information content (AvgIpc) is 2.20. The largest absolute Gasteiger partial charge is 0.302 e. The molecule has 0 aliphatic heterocycles. The summed E-state index contributed by atoms with van der Waals surface area (Å²) >= 11 is 0. The quantitative estimate of drug-likeness (QED) is 0.733. The summed E-state index contributed by atoms with van der Waals surface area (Å²) in [4.78, 5) is 2.00. The summed E-state index contributed by atoms with van der Waals surface area (Å²) in [6, 6.07) is 6.49. The van der Waals surface area contributed by atoms with Gasteiger partial charge in [0.15, 0.2) is 0 Å². The van der Waals surface area contributed by atoms with Gasteiger partial charge >= 0.3 is 0 Å². The van der Waals surface area contributed by atoms with Crippen molar-refractivity contribution in [3.05, 3.63) is 35.1 Å². The third-order valence-electron chi connectivity index (χ3n) is 2.16. The number of halogens is 1. The van der Waals surface area contributed by atoms with E-state index in [2.05, 4.69) is 0 Å². The van der Waals surface area contributed by atoms with E-state index < -0.39 is 0 Å². The molecule has 0 unspecified atom stereocenters. The molecule has 0 radical (unpaired) electrons. The van der Waals surface area contributed by atoms with E-state index in [0.717, 1.165) is 6.54 Å². The Morgan fingerprint density at radius 2 is 2.21 bits per heavy atom. The molecule has 2 nitrogen and oxygen atoms in total. The first kappa shape index (κ1) is 10.7. The smallest absolute Gasteiger partial charge is 0.129 e. The highest BCUT2D eigenvalue weighted by atomic mass is 19.1. The van der Waals surface area contributed by atoms with E-state index >= 15 is 0 Å². The number of nitrogens with zero attached hydrogens (tertiary/aromatic N) is 2. The molecule has 0 bridgehead atoms. The van der Waals surface area contributed by atoms with Gasteiger partial charge in [-0.15, -0.1) is 0 Å². The average molecular weight is 192 g/mol. The summed E-state index contributed by atoms with van der Waals surface area (Å²) in [5.41, 5.74) is 0.999. The van der Waals surface area contributed by atoms with Crippen LogP contribution < -0.4 is 0 Å². The van der Waals surface area contributed by atoms with Crippen molar-refractivity contribution in [2.24, 2.45) is 0 Å². The standard InChI is InChI=1S/C11H13FN2/c1-3-14(2)8-10-5-4-9(7-13)6-11(10)12/h4-6H,3,8H2,1-2H3. The fourth-order valence-corrected chi connectivity index (χ4v) is 1.15. The van der Waals surface area contributed by atoms with Crippen molar-refractivity contribution in [3.8, 4) is 6.07 Å². The lowest BCUT2D eigenvalue weighted by atomic mass is 10.1. The number of benzene rings is 1. The van der Waals surface area contributed by atoms with Crippen molar-refractivity contribution in [3.63, 3.8) is 0 Å². The van der Waals surface area contributed by atoms with Gasteiger partial charge in [0.1, 0.15) is 5.82 Å². The first-order chi connectivity index (χ1) is 6.67. The Morgan fingerprint density at radius 1 is 1.50 bits per heavy atom. The molecular weight excluding hydrogens is 179 g/mol. The van der Waals surface area contributed by atoms with Gasteiger partial charge in [0, 0.05) is 12.1 Å². The van der Waals surface area contributed by atoms with Crippen molar-refractivity contribution < 1.29 is 4.39 Å². The Hall–Kier alpha value is -1.40. The van der Waals surface area contributed by atoms with Gasteiger partial charge < -0.3 is 4.90 Å². The predicted molar refractivity (Wildman–Crippen MR) is 53.1 cm³/mol. The number of hydrogen-bond donors (Lipinski definition) is 0. The summed E-state index contributed by atoms with van der Waals surface area (Å²) in [6.45, 7) is 3.47. The van der Waals surface area contributed by atoms with E-state index in [-0.39, 0.29) is 5.82 Å². The molecule has 0 aliphatic rings. The molecule has 0 amide bonds. The van der Waals surface area contributed by atoms with Gasteiger partial charge in [-0.25, -0.2) is 4.39 Å². The lowest BCUT2D eigenvalue weighted by Crippen LogP contribution is -2.17. The molecule has 0 spiro atoms. The van der Waals surface area contributed by atoms with Gasteiger partial charge in [-0.3, -0.25) is 0 Å². The first-order valence-electron chi connectivity index (χ1n) is 4.54. The summed E-state index contributed by atoms with van der Waals surface area (Å²) < 4.78 is 13.4. The second-order valence-electron chi connectivity index (χ2n) is 3.25. The molecule has 0 fully saturated rings. The number of hydrogen-bond acceptors (Lipinski definition) is 2. The highest BCUT2D eigenvalue weighted by molar-refractivity contribution is 5.32. The van der Waals surface area contributed by atoms with E-state index in [1.54, 1.807) is 12.1 Å². The van der Waals surface area contributed by atoms with Crippen LogP contribution in [0, 0.1) is 17.1 Å². The van der Waals surface area contributed by atoms with Crippen LogP contribution in [0.5, 0.6) is 0 Å². The predicted octanol–water partition coefficient (Wildman–Crippen LogP) is 2.15. The zero-order valence-corrected chi connectivity index (χ0v) is 8.42. The topological polar surface area (TPSA) is 27.0 Å². The van der Waals surface area contributed by atoms with E-state index in [1.165, 1.54) is 6.07 Å². The molecule has 14 heavy (non-hydrogen) atoms. The lowest BCUT2D eigenvalue weighted by molar-refractivity contribution is 0.339. The van der Waals surface area contributed by atoms with Crippen LogP contribution in [0.1, 0.15) is 18.1 Å². The molecule has 0 atom stereocenters. The van der Waals surface area contributed by atoms with Gasteiger partial charge in [0.05, 0.1) is 11.6 Å². The van der Waals surface area contributed by atoms with Crippen LogP contribution in [0.3, 0.4) is 0 Å². The second kappa shape index (κ2) is 4.73. The normalized spacial score (nSPS) is 10.2. The Morgan fingerprint density at radius 3 is 2.71 bits per heavy atom. The van der Waals surface area contributed by atoms with Gasteiger partial charge in [-0.05, 0) is 25.7 Å². The first-order valence-corrected chi connectivity index (χ1v) is 4.54. The van der Waals surface area contributed by atoms with Crippen molar-refractivity contribution in [2.45, 2.75) is 13.5 Å². The van der Waals surface area contributed by atoms with Gasteiger partial charge in [0.25, 0.3) is 0 Å². The minimum Gasteiger partial charge on any atom is -0.302 e. The molecule has 1 aromatic rings. The van der Waals surface area contributed by atoms with Crippen LogP contribution >= 0.6 is 0 Å². The van der Waals surface area contributed by atoms with E-state index in [1.807, 2.05) is 24.9 Å². The van der Waals surface area contributed by atoms with Crippen LogP contribution in [-0.4, -0.2) is 18.5 Å². The molecule has 0 N–H and O–H groups in total. The molecule has 0 aromatic heterocycles. The molecule has 74 valence electrons. The molecule has 0 heterocycles. The third kappa shape index (κ3) is 2.54. The highest BCUT2D eigenvalue weighted by Gasteiger charge is 2.05. The molecule has 0 saturated carbocycles.